The molecule has 0 aliphatic rings. The molecule has 0 atom stereocenters. The van der Waals surface area contributed by atoms with Gasteiger partial charge in [0.25, 0.3) is 0 Å². The van der Waals surface area contributed by atoms with Crippen LogP contribution in [0.15, 0.2) is 23.2 Å². The molecule has 0 bridgehead atoms. The van der Waals surface area contributed by atoms with E-state index in [2.05, 4.69) is 20.9 Å². The largest absolute Gasteiger partial charge is 0.356 e. The summed E-state index contributed by atoms with van der Waals surface area (Å²) in [4.78, 5) is 15.8. The molecule has 0 heterocycles. The lowest BCUT2D eigenvalue weighted by Gasteiger charge is -2.21. The number of nitrogens with one attached hydrogen (secondary N) is 3. The van der Waals surface area contributed by atoms with E-state index in [9.17, 15) is 4.79 Å². The van der Waals surface area contributed by atoms with Gasteiger partial charge in [-0.15, -0.1) is 24.0 Å². The fourth-order valence-corrected chi connectivity index (χ4v) is 2.39. The van der Waals surface area contributed by atoms with Crippen LogP contribution in [0.3, 0.4) is 0 Å². The molecule has 3 N–H and O–H groups in total. The highest BCUT2D eigenvalue weighted by Crippen LogP contribution is 2.20. The van der Waals surface area contributed by atoms with Gasteiger partial charge in [0.05, 0.1) is 6.54 Å². The van der Waals surface area contributed by atoms with Gasteiger partial charge in [-0.3, -0.25) is 9.79 Å². The van der Waals surface area contributed by atoms with Gasteiger partial charge in [-0.2, -0.15) is 0 Å². The van der Waals surface area contributed by atoms with E-state index in [4.69, 9.17) is 23.2 Å². The number of rotatable bonds is 5. The van der Waals surface area contributed by atoms with Crippen molar-refractivity contribution in [1.82, 2.24) is 16.0 Å². The van der Waals surface area contributed by atoms with E-state index in [-0.39, 0.29) is 42.0 Å². The molecule has 0 aliphatic carbocycles. The summed E-state index contributed by atoms with van der Waals surface area (Å²) >= 11 is 12.0. The molecule has 1 amide bonds. The van der Waals surface area contributed by atoms with E-state index in [1.807, 2.05) is 32.9 Å². The average Bonchev–Trinajstić information content (AvgIpc) is 2.42. The van der Waals surface area contributed by atoms with Crippen molar-refractivity contribution in [2.75, 3.05) is 20.1 Å². The van der Waals surface area contributed by atoms with E-state index < -0.39 is 0 Å². The fourth-order valence-electron chi connectivity index (χ4n) is 1.89. The van der Waals surface area contributed by atoms with Gasteiger partial charge in [0.2, 0.25) is 5.91 Å². The Balaban J connectivity index is 0.00000529. The highest BCUT2D eigenvalue weighted by molar-refractivity contribution is 14.0. The predicted molar refractivity (Wildman–Crippen MR) is 113 cm³/mol. The van der Waals surface area contributed by atoms with E-state index in [1.165, 1.54) is 0 Å². The van der Waals surface area contributed by atoms with Gasteiger partial charge in [-0.25, -0.2) is 0 Å². The first-order valence-corrected chi connectivity index (χ1v) is 8.16. The monoisotopic (exact) mass is 486 g/mol. The first-order chi connectivity index (χ1) is 10.7. The molecule has 0 unspecified atom stereocenters. The predicted octanol–water partition coefficient (Wildman–Crippen LogP) is 3.23. The Morgan fingerprint density at radius 2 is 1.88 bits per heavy atom. The molecule has 0 saturated heterocycles. The molecule has 0 spiro atoms. The Morgan fingerprint density at radius 1 is 1.21 bits per heavy atom. The van der Waals surface area contributed by atoms with E-state index in [1.54, 1.807) is 13.1 Å². The molecule has 0 radical (unpaired) electrons. The number of hydrogen-bond acceptors (Lipinski definition) is 2. The maximum Gasteiger partial charge on any atom is 0.239 e. The second kappa shape index (κ2) is 11.0. The zero-order chi connectivity index (χ0) is 17.5. The summed E-state index contributed by atoms with van der Waals surface area (Å²) in [5.74, 6) is 0.486. The minimum Gasteiger partial charge on any atom is -0.356 e. The third-order valence-corrected chi connectivity index (χ3v) is 3.44. The SMILES string of the molecule is CN=C(NCCc1ccc(Cl)cc1Cl)NCC(=O)NC(C)(C)C.I. The maximum atomic E-state index is 11.8. The number of nitrogens with zero attached hydrogens (tertiary/aromatic N) is 1. The minimum absolute atomic E-state index is 0. The number of carbonyl (C=O) groups is 1. The van der Waals surface area contributed by atoms with Gasteiger partial charge in [-0.1, -0.05) is 29.3 Å². The van der Waals surface area contributed by atoms with Crippen LogP contribution in [0.5, 0.6) is 0 Å². The maximum absolute atomic E-state index is 11.8. The third kappa shape index (κ3) is 9.54. The van der Waals surface area contributed by atoms with Gasteiger partial charge in [0.1, 0.15) is 0 Å². The molecule has 136 valence electrons. The third-order valence-electron chi connectivity index (χ3n) is 2.86. The normalized spacial score (nSPS) is 11.5. The summed E-state index contributed by atoms with van der Waals surface area (Å²) in [6.07, 6.45) is 0.727. The van der Waals surface area contributed by atoms with E-state index in [0.717, 1.165) is 12.0 Å². The molecule has 0 saturated carbocycles. The summed E-state index contributed by atoms with van der Waals surface area (Å²) < 4.78 is 0. The van der Waals surface area contributed by atoms with Gasteiger partial charge in [0, 0.05) is 29.2 Å². The summed E-state index contributed by atoms with van der Waals surface area (Å²) in [6, 6.07) is 5.44. The second-order valence-corrected chi connectivity index (χ2v) is 6.98. The number of benzene rings is 1. The van der Waals surface area contributed by atoms with Crippen molar-refractivity contribution in [3.8, 4) is 0 Å². The number of guanidine groups is 1. The Hall–Kier alpha value is -0.730. The van der Waals surface area contributed by atoms with Crippen molar-refractivity contribution in [1.29, 1.82) is 0 Å². The highest BCUT2D eigenvalue weighted by atomic mass is 127. The van der Waals surface area contributed by atoms with Crippen LogP contribution in [0, 0.1) is 0 Å². The summed E-state index contributed by atoms with van der Waals surface area (Å²) in [5.41, 5.74) is 0.755. The van der Waals surface area contributed by atoms with Crippen molar-refractivity contribution in [3.63, 3.8) is 0 Å². The van der Waals surface area contributed by atoms with Gasteiger partial charge >= 0.3 is 0 Å². The van der Waals surface area contributed by atoms with Crippen LogP contribution < -0.4 is 16.0 Å². The Bertz CT molecular complexity index is 574. The molecule has 5 nitrogen and oxygen atoms in total. The van der Waals surface area contributed by atoms with Gasteiger partial charge in [0.15, 0.2) is 5.96 Å². The van der Waals surface area contributed by atoms with Crippen molar-refractivity contribution in [3.05, 3.63) is 33.8 Å². The zero-order valence-electron chi connectivity index (χ0n) is 14.4. The summed E-state index contributed by atoms with van der Waals surface area (Å²) in [6.45, 7) is 6.62. The van der Waals surface area contributed by atoms with Crippen LogP contribution in [0.1, 0.15) is 26.3 Å². The van der Waals surface area contributed by atoms with E-state index >= 15 is 0 Å². The minimum atomic E-state index is -0.249. The zero-order valence-corrected chi connectivity index (χ0v) is 18.2. The van der Waals surface area contributed by atoms with E-state index in [0.29, 0.717) is 22.5 Å². The van der Waals surface area contributed by atoms with Crippen LogP contribution in [-0.2, 0) is 11.2 Å². The average molecular weight is 487 g/mol. The molecule has 1 rings (SSSR count). The Kier molecular flexibility index (Phi) is 10.7. The molecule has 1 aromatic carbocycles. The van der Waals surface area contributed by atoms with Crippen LogP contribution in [-0.4, -0.2) is 37.5 Å². The standard InChI is InChI=1S/C16H24Cl2N4O.HI/c1-16(2,3)22-14(23)10-21-15(19-4)20-8-7-11-5-6-12(17)9-13(11)18;/h5-6,9H,7-8,10H2,1-4H3,(H,22,23)(H2,19,20,21);1H. The number of halogens is 3. The van der Waals surface area contributed by atoms with Crippen molar-refractivity contribution in [2.45, 2.75) is 32.7 Å². The van der Waals surface area contributed by atoms with Crippen LogP contribution in [0.25, 0.3) is 0 Å². The second-order valence-electron chi connectivity index (χ2n) is 6.14. The lowest BCUT2D eigenvalue weighted by molar-refractivity contribution is -0.121. The number of amides is 1. The van der Waals surface area contributed by atoms with Gasteiger partial charge < -0.3 is 16.0 Å². The fraction of sp³-hybridized carbons (Fsp3) is 0.500. The quantitative estimate of drug-likeness (QED) is 0.340. The summed E-state index contributed by atoms with van der Waals surface area (Å²) in [7, 11) is 1.66. The first kappa shape index (κ1) is 23.3. The number of carbonyl (C=O) groups excluding carboxylic acids is 1. The van der Waals surface area contributed by atoms with Crippen LogP contribution >= 0.6 is 47.2 Å². The van der Waals surface area contributed by atoms with Gasteiger partial charge in [-0.05, 0) is 44.9 Å². The van der Waals surface area contributed by atoms with Crippen molar-refractivity contribution >= 4 is 59.0 Å². The lowest BCUT2D eigenvalue weighted by atomic mass is 10.1. The number of hydrogen-bond donors (Lipinski definition) is 3. The molecule has 24 heavy (non-hydrogen) atoms. The smallest absolute Gasteiger partial charge is 0.239 e. The lowest BCUT2D eigenvalue weighted by Crippen LogP contribution is -2.48. The molecule has 0 aliphatic heterocycles. The van der Waals surface area contributed by atoms with Crippen molar-refractivity contribution in [2.24, 2.45) is 4.99 Å². The topological polar surface area (TPSA) is 65.5 Å². The Labute approximate surface area is 171 Å². The first-order valence-electron chi connectivity index (χ1n) is 7.41. The molecular weight excluding hydrogens is 462 g/mol. The molecule has 0 fully saturated rings. The van der Waals surface area contributed by atoms with Crippen LogP contribution in [0.4, 0.5) is 0 Å². The molecular formula is C16H25Cl2IN4O. The van der Waals surface area contributed by atoms with Crippen LogP contribution in [0.2, 0.25) is 10.0 Å². The van der Waals surface area contributed by atoms with Crippen molar-refractivity contribution < 1.29 is 4.79 Å². The molecule has 1 aromatic rings. The Morgan fingerprint density at radius 3 is 2.42 bits per heavy atom. The highest BCUT2D eigenvalue weighted by Gasteiger charge is 2.13. The summed E-state index contributed by atoms with van der Waals surface area (Å²) in [5, 5.41) is 10.3. The number of aliphatic imine (C=N–C) groups is 1. The molecule has 0 aromatic heterocycles. The molecule has 8 heteroatoms.